The van der Waals surface area contributed by atoms with Crippen molar-refractivity contribution in [2.24, 2.45) is 11.8 Å². The topological polar surface area (TPSA) is 68.5 Å². The van der Waals surface area contributed by atoms with Crippen LogP contribution in [0.25, 0.3) is 22.1 Å². The van der Waals surface area contributed by atoms with Gasteiger partial charge in [0.15, 0.2) is 6.61 Å². The summed E-state index contributed by atoms with van der Waals surface area (Å²) in [7, 11) is 0. The second-order valence-electron chi connectivity index (χ2n) is 9.00. The van der Waals surface area contributed by atoms with Crippen molar-refractivity contribution < 1.29 is 27.1 Å². The van der Waals surface area contributed by atoms with Gasteiger partial charge < -0.3 is 14.5 Å². The SMILES string of the molecule is C[C@H]1[C@H](C)CCC[C@@H]1NC(=O)COc1ccc2c(=O)c(-c3ccccc3Cl)c(C(F)(F)F)oc2c1. The van der Waals surface area contributed by atoms with Crippen LogP contribution in [0.3, 0.4) is 0 Å². The molecule has 1 saturated carbocycles. The Kier molecular flexibility index (Phi) is 7.12. The van der Waals surface area contributed by atoms with Gasteiger partial charge in [0.2, 0.25) is 11.2 Å². The number of carbonyl (C=O) groups excluding carboxylic acids is 1. The number of halogens is 4. The van der Waals surface area contributed by atoms with E-state index in [4.69, 9.17) is 20.8 Å². The fraction of sp³-hybridized carbons (Fsp3) is 0.385. The molecule has 5 nitrogen and oxygen atoms in total. The summed E-state index contributed by atoms with van der Waals surface area (Å²) < 4.78 is 52.2. The molecule has 1 amide bonds. The van der Waals surface area contributed by atoms with Crippen molar-refractivity contribution in [2.45, 2.75) is 45.3 Å². The molecule has 0 saturated heterocycles. The van der Waals surface area contributed by atoms with Crippen molar-refractivity contribution in [3.63, 3.8) is 0 Å². The highest BCUT2D eigenvalue weighted by Crippen LogP contribution is 2.39. The molecule has 1 aliphatic rings. The van der Waals surface area contributed by atoms with Gasteiger partial charge in [-0.15, -0.1) is 0 Å². The van der Waals surface area contributed by atoms with E-state index in [1.54, 1.807) is 6.07 Å². The number of hydrogen-bond donors (Lipinski definition) is 1. The lowest BCUT2D eigenvalue weighted by Crippen LogP contribution is -2.45. The Balaban J connectivity index is 1.61. The summed E-state index contributed by atoms with van der Waals surface area (Å²) in [4.78, 5) is 25.5. The number of alkyl halides is 3. The molecule has 0 bridgehead atoms. The molecule has 4 rings (SSSR count). The summed E-state index contributed by atoms with van der Waals surface area (Å²) in [6.45, 7) is 3.96. The molecule has 1 fully saturated rings. The van der Waals surface area contributed by atoms with Gasteiger partial charge in [-0.3, -0.25) is 9.59 Å². The molecule has 1 aromatic heterocycles. The minimum absolute atomic E-state index is 0.00251. The summed E-state index contributed by atoms with van der Waals surface area (Å²) >= 11 is 6.08. The summed E-state index contributed by atoms with van der Waals surface area (Å²) in [6.07, 6.45) is -1.87. The Labute approximate surface area is 205 Å². The number of carbonyl (C=O) groups is 1. The number of benzene rings is 2. The van der Waals surface area contributed by atoms with Gasteiger partial charge >= 0.3 is 6.18 Å². The molecule has 3 aromatic rings. The minimum Gasteiger partial charge on any atom is -0.484 e. The van der Waals surface area contributed by atoms with Crippen molar-refractivity contribution in [1.82, 2.24) is 5.32 Å². The van der Waals surface area contributed by atoms with Crippen LogP contribution in [0.5, 0.6) is 5.75 Å². The number of fused-ring (bicyclic) bond motifs is 1. The molecule has 0 unspecified atom stereocenters. The summed E-state index contributed by atoms with van der Waals surface area (Å²) in [6, 6.07) is 9.75. The van der Waals surface area contributed by atoms with Crippen molar-refractivity contribution in [1.29, 1.82) is 0 Å². The Morgan fingerprint density at radius 1 is 1.17 bits per heavy atom. The first-order chi connectivity index (χ1) is 16.6. The smallest absolute Gasteiger partial charge is 0.450 e. The zero-order valence-corrected chi connectivity index (χ0v) is 20.0. The van der Waals surface area contributed by atoms with Crippen molar-refractivity contribution >= 4 is 28.5 Å². The Morgan fingerprint density at radius 3 is 2.63 bits per heavy atom. The predicted molar refractivity (Wildman–Crippen MR) is 128 cm³/mol. The van der Waals surface area contributed by atoms with Gasteiger partial charge in [-0.25, -0.2) is 0 Å². The van der Waals surface area contributed by atoms with Crippen LogP contribution in [-0.2, 0) is 11.0 Å². The maximum atomic E-state index is 13.8. The monoisotopic (exact) mass is 507 g/mol. The maximum Gasteiger partial charge on any atom is 0.450 e. The molecule has 0 radical (unpaired) electrons. The Hall–Kier alpha value is -3.00. The van der Waals surface area contributed by atoms with E-state index in [9.17, 15) is 22.8 Å². The lowest BCUT2D eigenvalue weighted by atomic mass is 9.78. The normalized spacial score (nSPS) is 20.6. The fourth-order valence-corrected chi connectivity index (χ4v) is 4.78. The van der Waals surface area contributed by atoms with E-state index in [-0.39, 0.29) is 45.9 Å². The van der Waals surface area contributed by atoms with Gasteiger partial charge in [0.1, 0.15) is 11.3 Å². The highest BCUT2D eigenvalue weighted by atomic mass is 35.5. The lowest BCUT2D eigenvalue weighted by molar-refractivity contribution is -0.152. The van der Waals surface area contributed by atoms with E-state index in [1.165, 1.54) is 36.4 Å². The van der Waals surface area contributed by atoms with Gasteiger partial charge in [-0.05, 0) is 36.5 Å². The van der Waals surface area contributed by atoms with Crippen molar-refractivity contribution in [2.75, 3.05) is 6.61 Å². The first-order valence-electron chi connectivity index (χ1n) is 11.4. The summed E-state index contributed by atoms with van der Waals surface area (Å²) in [5.41, 5.74) is -1.89. The Morgan fingerprint density at radius 2 is 1.91 bits per heavy atom. The van der Waals surface area contributed by atoms with Crippen LogP contribution in [0.1, 0.15) is 38.9 Å². The number of nitrogens with one attached hydrogen (secondary N) is 1. The van der Waals surface area contributed by atoms with Crippen LogP contribution in [0.15, 0.2) is 51.7 Å². The molecule has 186 valence electrons. The highest BCUT2D eigenvalue weighted by molar-refractivity contribution is 6.33. The molecule has 1 N–H and O–H groups in total. The van der Waals surface area contributed by atoms with E-state index in [2.05, 4.69) is 19.2 Å². The third kappa shape index (κ3) is 5.32. The average molecular weight is 508 g/mol. The van der Waals surface area contributed by atoms with Gasteiger partial charge in [0.25, 0.3) is 5.91 Å². The molecule has 2 aromatic carbocycles. The molecular formula is C26H25ClF3NO4. The molecular weight excluding hydrogens is 483 g/mol. The second-order valence-corrected chi connectivity index (χ2v) is 9.41. The van der Waals surface area contributed by atoms with E-state index >= 15 is 0 Å². The van der Waals surface area contributed by atoms with Gasteiger partial charge in [0, 0.05) is 22.7 Å². The third-order valence-corrected chi connectivity index (χ3v) is 7.02. The van der Waals surface area contributed by atoms with E-state index in [0.29, 0.717) is 11.8 Å². The van der Waals surface area contributed by atoms with E-state index in [0.717, 1.165) is 19.3 Å². The molecule has 35 heavy (non-hydrogen) atoms. The molecule has 0 aliphatic heterocycles. The standard InChI is InChI=1S/C26H25ClF3NO4/c1-14-6-5-9-20(15(14)2)31-22(32)13-34-16-10-11-18-21(12-16)35-25(26(28,29)30)23(24(18)33)17-7-3-4-8-19(17)27/h3-4,7-8,10-12,14-15,20H,5-6,9,13H2,1-2H3,(H,31,32)/t14-,15+,20+/m1/s1. The third-order valence-electron chi connectivity index (χ3n) is 6.69. The quantitative estimate of drug-likeness (QED) is 0.431. The van der Waals surface area contributed by atoms with Crippen LogP contribution >= 0.6 is 11.6 Å². The number of hydrogen-bond acceptors (Lipinski definition) is 4. The minimum atomic E-state index is -4.94. The molecule has 0 spiro atoms. The van der Waals surface area contributed by atoms with Crippen molar-refractivity contribution in [3.8, 4) is 16.9 Å². The average Bonchev–Trinajstić information content (AvgIpc) is 2.80. The van der Waals surface area contributed by atoms with E-state index < -0.39 is 22.9 Å². The van der Waals surface area contributed by atoms with Gasteiger partial charge in [0.05, 0.1) is 10.9 Å². The largest absolute Gasteiger partial charge is 0.484 e. The van der Waals surface area contributed by atoms with Gasteiger partial charge in [-0.1, -0.05) is 56.5 Å². The summed E-state index contributed by atoms with van der Waals surface area (Å²) in [5.74, 6) is -0.798. The number of ether oxygens (including phenoxy) is 1. The predicted octanol–water partition coefficient (Wildman–Crippen LogP) is 6.45. The first kappa shape index (κ1) is 25.1. The molecule has 1 aliphatic carbocycles. The lowest BCUT2D eigenvalue weighted by Gasteiger charge is -2.34. The summed E-state index contributed by atoms with van der Waals surface area (Å²) in [5, 5.41) is 2.91. The van der Waals surface area contributed by atoms with Crippen LogP contribution in [0.4, 0.5) is 13.2 Å². The molecule has 3 atom stereocenters. The van der Waals surface area contributed by atoms with Crippen molar-refractivity contribution in [3.05, 3.63) is 63.5 Å². The first-order valence-corrected chi connectivity index (χ1v) is 11.8. The second kappa shape index (κ2) is 9.93. The maximum absolute atomic E-state index is 13.8. The fourth-order valence-electron chi connectivity index (χ4n) is 4.55. The molecule has 1 heterocycles. The van der Waals surface area contributed by atoms with E-state index in [1.807, 2.05) is 0 Å². The highest BCUT2D eigenvalue weighted by Gasteiger charge is 2.40. The molecule has 9 heteroatoms. The zero-order valence-electron chi connectivity index (χ0n) is 19.2. The van der Waals surface area contributed by atoms with Crippen LogP contribution in [0, 0.1) is 11.8 Å². The van der Waals surface area contributed by atoms with Gasteiger partial charge in [-0.2, -0.15) is 13.2 Å². The number of amides is 1. The van der Waals surface area contributed by atoms with Crippen LogP contribution in [-0.4, -0.2) is 18.6 Å². The Bertz CT molecular complexity index is 1300. The van der Waals surface area contributed by atoms with Crippen LogP contribution in [0.2, 0.25) is 5.02 Å². The number of rotatable bonds is 5. The van der Waals surface area contributed by atoms with Crippen LogP contribution < -0.4 is 15.5 Å². The zero-order chi connectivity index (χ0) is 25.3.